The molecule has 0 bridgehead atoms. The average Bonchev–Trinajstić information content (AvgIpc) is 2.96. The summed E-state index contributed by atoms with van der Waals surface area (Å²) in [5, 5.41) is 16.8. The third kappa shape index (κ3) is 10.8. The van der Waals surface area contributed by atoms with Crippen molar-refractivity contribution in [1.29, 1.82) is 0 Å². The Morgan fingerprint density at radius 2 is 1.86 bits per heavy atom. The number of anilines is 1. The number of aliphatic hydroxyl groups is 1. The second-order valence-electron chi connectivity index (χ2n) is 12.2. The maximum absolute atomic E-state index is 14.2. The van der Waals surface area contributed by atoms with Crippen LogP contribution >= 0.6 is 23.2 Å². The van der Waals surface area contributed by atoms with Crippen LogP contribution in [0.25, 0.3) is 0 Å². The molecule has 0 saturated heterocycles. The number of hydrogen-bond acceptors (Lipinski definition) is 6. The third-order valence-electron chi connectivity index (χ3n) is 7.66. The van der Waals surface area contributed by atoms with E-state index in [1.54, 1.807) is 29.2 Å². The highest BCUT2D eigenvalue weighted by Gasteiger charge is 2.30. The van der Waals surface area contributed by atoms with Crippen LogP contribution in [0.3, 0.4) is 0 Å². The number of benzene rings is 2. The number of carbonyl (C=O) groups excluding carboxylic acids is 2. The minimum atomic E-state index is -0.460. The van der Waals surface area contributed by atoms with Gasteiger partial charge in [-0.1, -0.05) is 36.2 Å². The lowest BCUT2D eigenvalue weighted by atomic mass is 10.0. The number of fused-ring (bicyclic) bond motifs is 1. The topological polar surface area (TPSA) is 103 Å². The van der Waals surface area contributed by atoms with Gasteiger partial charge in [-0.3, -0.25) is 9.69 Å². The maximum Gasteiger partial charge on any atom is 0.319 e. The summed E-state index contributed by atoms with van der Waals surface area (Å²) in [5.41, 5.74) is 1.85. The van der Waals surface area contributed by atoms with Gasteiger partial charge in [-0.25, -0.2) is 4.79 Å². The molecular weight excluding hydrogens is 603 g/mol. The number of urea groups is 1. The Morgan fingerprint density at radius 1 is 1.11 bits per heavy atom. The van der Waals surface area contributed by atoms with E-state index in [0.717, 1.165) is 24.8 Å². The fourth-order valence-corrected chi connectivity index (χ4v) is 5.53. The molecule has 2 aromatic rings. The molecule has 9 nitrogen and oxygen atoms in total. The molecule has 4 atom stereocenters. The molecule has 3 N–H and O–H groups in total. The van der Waals surface area contributed by atoms with Crippen LogP contribution in [0.1, 0.15) is 69.8 Å². The van der Waals surface area contributed by atoms with Crippen LogP contribution in [0.15, 0.2) is 36.4 Å². The van der Waals surface area contributed by atoms with E-state index in [-0.39, 0.29) is 42.7 Å². The van der Waals surface area contributed by atoms with Crippen LogP contribution in [0.5, 0.6) is 5.75 Å². The molecule has 244 valence electrons. The lowest BCUT2D eigenvalue weighted by molar-refractivity contribution is -0.0177. The standard InChI is InChI=1S/C33H48Cl2N4O5/c1-21(2)36-33(42)37-26-11-13-30-27(16-26)32(41)39(23(4)20-40)17-22(3)31(43-14-8-7-9-24(5)44-30)19-38(6)18-25-10-12-28(34)29(35)15-25/h10-13,15-16,21-24,31,40H,7-9,14,17-20H2,1-6H3,(H2,36,37,42)/t22-,23+,24+,31+/m1/s1. The Hall–Kier alpha value is -2.56. The van der Waals surface area contributed by atoms with Crippen molar-refractivity contribution in [2.24, 2.45) is 5.92 Å². The number of likely N-dealkylation sites (N-methyl/N-ethyl adjacent to an activating group) is 1. The van der Waals surface area contributed by atoms with Crippen molar-refractivity contribution in [2.45, 2.75) is 84.7 Å². The zero-order valence-corrected chi connectivity index (χ0v) is 28.3. The molecule has 0 aliphatic carbocycles. The Bertz CT molecular complexity index is 1250. The summed E-state index contributed by atoms with van der Waals surface area (Å²) >= 11 is 12.4. The number of rotatable bonds is 8. The van der Waals surface area contributed by atoms with Crippen molar-refractivity contribution in [2.75, 3.05) is 38.7 Å². The highest BCUT2D eigenvalue weighted by atomic mass is 35.5. The Balaban J connectivity index is 1.90. The molecule has 0 unspecified atom stereocenters. The largest absolute Gasteiger partial charge is 0.490 e. The van der Waals surface area contributed by atoms with E-state index in [9.17, 15) is 14.7 Å². The average molecular weight is 652 g/mol. The Kier molecular flexibility index (Phi) is 14.1. The van der Waals surface area contributed by atoms with Crippen molar-refractivity contribution in [3.8, 4) is 5.75 Å². The van der Waals surface area contributed by atoms with Crippen LogP contribution in [0.4, 0.5) is 10.5 Å². The van der Waals surface area contributed by atoms with Gasteiger partial charge in [-0.15, -0.1) is 0 Å². The number of nitrogens with one attached hydrogen (secondary N) is 2. The fraction of sp³-hybridized carbons (Fsp3) is 0.576. The van der Waals surface area contributed by atoms with E-state index in [1.165, 1.54) is 0 Å². The van der Waals surface area contributed by atoms with E-state index in [0.29, 0.717) is 53.3 Å². The lowest BCUT2D eigenvalue weighted by Crippen LogP contribution is -2.47. The van der Waals surface area contributed by atoms with Crippen molar-refractivity contribution < 1.29 is 24.2 Å². The fourth-order valence-electron chi connectivity index (χ4n) is 5.21. The third-order valence-corrected chi connectivity index (χ3v) is 8.40. The number of aliphatic hydroxyl groups excluding tert-OH is 1. The maximum atomic E-state index is 14.2. The normalized spacial score (nSPS) is 20.9. The predicted molar refractivity (Wildman–Crippen MR) is 177 cm³/mol. The molecule has 0 saturated carbocycles. The first-order valence-corrected chi connectivity index (χ1v) is 16.2. The molecule has 1 heterocycles. The van der Waals surface area contributed by atoms with Crippen molar-refractivity contribution in [1.82, 2.24) is 15.1 Å². The monoisotopic (exact) mass is 650 g/mol. The summed E-state index contributed by atoms with van der Waals surface area (Å²) in [6.45, 7) is 11.7. The lowest BCUT2D eigenvalue weighted by Gasteiger charge is -2.36. The number of ether oxygens (including phenoxy) is 2. The van der Waals surface area contributed by atoms with Gasteiger partial charge >= 0.3 is 6.03 Å². The van der Waals surface area contributed by atoms with Crippen molar-refractivity contribution in [3.05, 3.63) is 57.6 Å². The molecule has 1 aliphatic rings. The minimum absolute atomic E-state index is 0.0429. The van der Waals surface area contributed by atoms with Crippen LogP contribution in [-0.2, 0) is 11.3 Å². The molecule has 0 aromatic heterocycles. The van der Waals surface area contributed by atoms with Gasteiger partial charge < -0.3 is 30.1 Å². The highest BCUT2D eigenvalue weighted by Crippen LogP contribution is 2.29. The van der Waals surface area contributed by atoms with Gasteiger partial charge in [0.15, 0.2) is 0 Å². The predicted octanol–water partition coefficient (Wildman–Crippen LogP) is 6.45. The van der Waals surface area contributed by atoms with Crippen LogP contribution in [0, 0.1) is 5.92 Å². The molecule has 1 aliphatic heterocycles. The van der Waals surface area contributed by atoms with E-state index >= 15 is 0 Å². The van der Waals surface area contributed by atoms with Gasteiger partial charge in [0, 0.05) is 43.9 Å². The number of nitrogens with zero attached hydrogens (tertiary/aromatic N) is 2. The first-order valence-electron chi connectivity index (χ1n) is 15.4. The highest BCUT2D eigenvalue weighted by molar-refractivity contribution is 6.42. The summed E-state index contributed by atoms with van der Waals surface area (Å²) in [6.07, 6.45) is 2.27. The van der Waals surface area contributed by atoms with E-state index in [4.69, 9.17) is 32.7 Å². The molecule has 0 fully saturated rings. The summed E-state index contributed by atoms with van der Waals surface area (Å²) < 4.78 is 12.7. The van der Waals surface area contributed by atoms with Crippen LogP contribution in [0.2, 0.25) is 10.0 Å². The molecule has 3 rings (SSSR count). The molecule has 44 heavy (non-hydrogen) atoms. The van der Waals surface area contributed by atoms with Crippen LogP contribution in [-0.4, -0.2) is 84.5 Å². The number of amides is 3. The summed E-state index contributed by atoms with van der Waals surface area (Å²) in [7, 11) is 2.03. The number of halogens is 2. The molecular formula is C33H48Cl2N4O5. The van der Waals surface area contributed by atoms with Gasteiger partial charge in [0.1, 0.15) is 5.75 Å². The van der Waals surface area contributed by atoms with Crippen molar-refractivity contribution >= 4 is 40.8 Å². The summed E-state index contributed by atoms with van der Waals surface area (Å²) in [5.74, 6) is 0.105. The zero-order chi connectivity index (χ0) is 32.4. The molecule has 3 amide bonds. The first kappa shape index (κ1) is 35.9. The van der Waals surface area contributed by atoms with Gasteiger partial charge in [-0.2, -0.15) is 0 Å². The zero-order valence-electron chi connectivity index (χ0n) is 26.7. The second-order valence-corrected chi connectivity index (χ2v) is 13.0. The SMILES string of the molecule is CC(C)NC(=O)Nc1ccc2c(c1)C(=O)N([C@@H](C)CO)C[C@@H](C)[C@H](CN(C)Cc1ccc(Cl)c(Cl)c1)OCCCC[C@H](C)O2. The molecule has 0 spiro atoms. The summed E-state index contributed by atoms with van der Waals surface area (Å²) in [4.78, 5) is 30.5. The van der Waals surface area contributed by atoms with Crippen LogP contribution < -0.4 is 15.4 Å². The first-order chi connectivity index (χ1) is 20.9. The molecule has 11 heteroatoms. The quantitative estimate of drug-likeness (QED) is 0.303. The van der Waals surface area contributed by atoms with E-state index in [2.05, 4.69) is 22.5 Å². The van der Waals surface area contributed by atoms with E-state index in [1.807, 2.05) is 46.9 Å². The van der Waals surface area contributed by atoms with E-state index < -0.39 is 6.04 Å². The number of carbonyl (C=O) groups is 2. The van der Waals surface area contributed by atoms with Crippen molar-refractivity contribution in [3.63, 3.8) is 0 Å². The Labute approximate surface area is 272 Å². The smallest absolute Gasteiger partial charge is 0.319 e. The Morgan fingerprint density at radius 3 is 2.55 bits per heavy atom. The molecule has 2 aromatic carbocycles. The van der Waals surface area contributed by atoms with Gasteiger partial charge in [0.05, 0.1) is 40.5 Å². The van der Waals surface area contributed by atoms with Gasteiger partial charge in [-0.05, 0) is 89.9 Å². The summed E-state index contributed by atoms with van der Waals surface area (Å²) in [6, 6.07) is 9.89. The molecule has 0 radical (unpaired) electrons. The number of hydrogen-bond donors (Lipinski definition) is 3. The van der Waals surface area contributed by atoms with Gasteiger partial charge in [0.25, 0.3) is 5.91 Å². The minimum Gasteiger partial charge on any atom is -0.490 e. The van der Waals surface area contributed by atoms with Gasteiger partial charge in [0.2, 0.25) is 0 Å². The second kappa shape index (κ2) is 17.2.